The van der Waals surface area contributed by atoms with Crippen molar-refractivity contribution in [2.75, 3.05) is 13.1 Å². The van der Waals surface area contributed by atoms with Gasteiger partial charge in [0.1, 0.15) is 5.82 Å². The Balaban J connectivity index is 2.07. The summed E-state index contributed by atoms with van der Waals surface area (Å²) in [6.07, 6.45) is 2.93. The Morgan fingerprint density at radius 1 is 1.39 bits per heavy atom. The van der Waals surface area contributed by atoms with Gasteiger partial charge < -0.3 is 5.73 Å². The van der Waals surface area contributed by atoms with Crippen LogP contribution in [0.3, 0.4) is 0 Å². The quantitative estimate of drug-likeness (QED) is 0.886. The van der Waals surface area contributed by atoms with Gasteiger partial charge in [0.2, 0.25) is 5.91 Å². The first-order chi connectivity index (χ1) is 8.58. The molecule has 1 aliphatic rings. The number of carbonyl (C=O) groups excluding carboxylic acids is 1. The van der Waals surface area contributed by atoms with Gasteiger partial charge in [-0.05, 0) is 36.6 Å². The minimum absolute atomic E-state index is 0.223. The Bertz CT molecular complexity index is 467. The van der Waals surface area contributed by atoms with Gasteiger partial charge in [-0.1, -0.05) is 18.2 Å². The van der Waals surface area contributed by atoms with E-state index in [1.807, 2.05) is 11.8 Å². The zero-order valence-electron chi connectivity index (χ0n) is 10.4. The molecule has 1 unspecified atom stereocenters. The summed E-state index contributed by atoms with van der Waals surface area (Å²) in [5, 5.41) is 0. The van der Waals surface area contributed by atoms with E-state index in [4.69, 9.17) is 5.73 Å². The fourth-order valence-electron chi connectivity index (χ4n) is 2.14. The Morgan fingerprint density at radius 3 is 2.56 bits per heavy atom. The first-order valence-corrected chi connectivity index (χ1v) is 6.06. The summed E-state index contributed by atoms with van der Waals surface area (Å²) in [6.45, 7) is 3.32. The van der Waals surface area contributed by atoms with Crippen LogP contribution in [-0.2, 0) is 4.79 Å². The molecule has 96 valence electrons. The predicted molar refractivity (Wildman–Crippen MR) is 69.2 cm³/mol. The molecule has 3 nitrogen and oxygen atoms in total. The molecule has 1 amide bonds. The smallest absolute Gasteiger partial charge is 0.234 e. The van der Waals surface area contributed by atoms with Crippen molar-refractivity contribution < 1.29 is 9.18 Å². The standard InChI is InChI=1S/C14H17FN2O/c1-10(14(16)18)17-8-6-12(7-9-17)11-2-4-13(15)5-3-11/h2-6,10H,7-9H2,1H3,(H2,16,18). The van der Waals surface area contributed by atoms with Crippen molar-refractivity contribution in [1.29, 1.82) is 0 Å². The highest BCUT2D eigenvalue weighted by Crippen LogP contribution is 2.23. The van der Waals surface area contributed by atoms with E-state index < -0.39 is 0 Å². The minimum atomic E-state index is -0.298. The molecule has 2 rings (SSSR count). The summed E-state index contributed by atoms with van der Waals surface area (Å²) in [6, 6.07) is 6.27. The molecular formula is C14H17FN2O. The molecule has 1 aromatic carbocycles. The van der Waals surface area contributed by atoms with Gasteiger partial charge in [-0.25, -0.2) is 4.39 Å². The van der Waals surface area contributed by atoms with Crippen LogP contribution in [0.1, 0.15) is 18.9 Å². The molecule has 0 saturated heterocycles. The van der Waals surface area contributed by atoms with Gasteiger partial charge in [-0.3, -0.25) is 9.69 Å². The van der Waals surface area contributed by atoms with Gasteiger partial charge in [0, 0.05) is 13.1 Å². The van der Waals surface area contributed by atoms with Crippen LogP contribution >= 0.6 is 0 Å². The number of nitrogens with two attached hydrogens (primary N) is 1. The molecule has 1 heterocycles. The summed E-state index contributed by atoms with van der Waals surface area (Å²) >= 11 is 0. The number of halogens is 1. The third kappa shape index (κ3) is 2.76. The lowest BCUT2D eigenvalue weighted by molar-refractivity contribution is -0.122. The van der Waals surface area contributed by atoms with Crippen molar-refractivity contribution in [3.63, 3.8) is 0 Å². The van der Waals surface area contributed by atoms with Crippen molar-refractivity contribution in [2.45, 2.75) is 19.4 Å². The van der Waals surface area contributed by atoms with Crippen LogP contribution in [0.15, 0.2) is 30.3 Å². The number of rotatable bonds is 3. The van der Waals surface area contributed by atoms with E-state index in [0.29, 0.717) is 6.54 Å². The second kappa shape index (κ2) is 5.31. The van der Waals surface area contributed by atoms with Gasteiger partial charge in [-0.2, -0.15) is 0 Å². The molecule has 0 aliphatic carbocycles. The highest BCUT2D eigenvalue weighted by atomic mass is 19.1. The zero-order chi connectivity index (χ0) is 13.1. The van der Waals surface area contributed by atoms with Gasteiger partial charge in [0.05, 0.1) is 6.04 Å². The normalized spacial score (nSPS) is 18.2. The Hall–Kier alpha value is -1.68. The molecule has 1 aromatic rings. The van der Waals surface area contributed by atoms with Crippen LogP contribution in [0.25, 0.3) is 5.57 Å². The van der Waals surface area contributed by atoms with Crippen LogP contribution < -0.4 is 5.73 Å². The maximum Gasteiger partial charge on any atom is 0.234 e. The third-order valence-corrected chi connectivity index (χ3v) is 3.42. The molecule has 0 spiro atoms. The van der Waals surface area contributed by atoms with Crippen LogP contribution in [0.5, 0.6) is 0 Å². The summed E-state index contributed by atoms with van der Waals surface area (Å²) in [7, 11) is 0. The highest BCUT2D eigenvalue weighted by molar-refractivity contribution is 5.79. The van der Waals surface area contributed by atoms with Crippen molar-refractivity contribution >= 4 is 11.5 Å². The second-order valence-corrected chi connectivity index (χ2v) is 4.56. The number of hydrogen-bond donors (Lipinski definition) is 1. The Morgan fingerprint density at radius 2 is 2.06 bits per heavy atom. The number of nitrogens with zero attached hydrogens (tertiary/aromatic N) is 1. The predicted octanol–water partition coefficient (Wildman–Crippen LogP) is 1.79. The number of carbonyl (C=O) groups is 1. The van der Waals surface area contributed by atoms with Crippen LogP contribution in [-0.4, -0.2) is 29.9 Å². The maximum atomic E-state index is 12.8. The minimum Gasteiger partial charge on any atom is -0.368 e. The number of hydrogen-bond acceptors (Lipinski definition) is 2. The number of benzene rings is 1. The fourth-order valence-corrected chi connectivity index (χ4v) is 2.14. The summed E-state index contributed by atoms with van der Waals surface area (Å²) < 4.78 is 12.8. The van der Waals surface area contributed by atoms with Gasteiger partial charge >= 0.3 is 0 Å². The Kier molecular flexibility index (Phi) is 3.77. The molecule has 0 saturated carbocycles. The number of amides is 1. The topological polar surface area (TPSA) is 46.3 Å². The fraction of sp³-hybridized carbons (Fsp3) is 0.357. The van der Waals surface area contributed by atoms with E-state index in [2.05, 4.69) is 6.08 Å². The molecular weight excluding hydrogens is 231 g/mol. The molecule has 0 aromatic heterocycles. The Labute approximate surface area is 106 Å². The lowest BCUT2D eigenvalue weighted by Gasteiger charge is -2.30. The second-order valence-electron chi connectivity index (χ2n) is 4.56. The van der Waals surface area contributed by atoms with Crippen LogP contribution in [0, 0.1) is 5.82 Å². The molecule has 0 radical (unpaired) electrons. The van der Waals surface area contributed by atoms with Gasteiger partial charge in [0.15, 0.2) is 0 Å². The first kappa shape index (κ1) is 12.8. The molecule has 0 fully saturated rings. The summed E-state index contributed by atoms with van der Waals surface area (Å²) in [4.78, 5) is 13.1. The number of primary amides is 1. The zero-order valence-corrected chi connectivity index (χ0v) is 10.4. The summed E-state index contributed by atoms with van der Waals surface area (Å²) in [5.74, 6) is -0.521. The van der Waals surface area contributed by atoms with Gasteiger partial charge in [-0.15, -0.1) is 0 Å². The average molecular weight is 248 g/mol. The molecule has 1 atom stereocenters. The molecule has 1 aliphatic heterocycles. The van der Waals surface area contributed by atoms with Crippen LogP contribution in [0.2, 0.25) is 0 Å². The van der Waals surface area contributed by atoms with Crippen molar-refractivity contribution in [3.05, 3.63) is 41.7 Å². The average Bonchev–Trinajstić information content (AvgIpc) is 2.39. The third-order valence-electron chi connectivity index (χ3n) is 3.42. The van der Waals surface area contributed by atoms with Gasteiger partial charge in [0.25, 0.3) is 0 Å². The van der Waals surface area contributed by atoms with E-state index in [9.17, 15) is 9.18 Å². The molecule has 18 heavy (non-hydrogen) atoms. The van der Waals surface area contributed by atoms with E-state index in [0.717, 1.165) is 18.5 Å². The monoisotopic (exact) mass is 248 g/mol. The van der Waals surface area contributed by atoms with E-state index in [1.165, 1.54) is 17.7 Å². The lowest BCUT2D eigenvalue weighted by Crippen LogP contribution is -2.44. The summed E-state index contributed by atoms with van der Waals surface area (Å²) in [5.41, 5.74) is 7.53. The first-order valence-electron chi connectivity index (χ1n) is 6.06. The maximum absolute atomic E-state index is 12.8. The molecule has 0 bridgehead atoms. The highest BCUT2D eigenvalue weighted by Gasteiger charge is 2.21. The van der Waals surface area contributed by atoms with Crippen molar-refractivity contribution in [2.24, 2.45) is 5.73 Å². The van der Waals surface area contributed by atoms with Crippen LogP contribution in [0.4, 0.5) is 4.39 Å². The lowest BCUT2D eigenvalue weighted by atomic mass is 9.99. The van der Waals surface area contributed by atoms with Crippen molar-refractivity contribution in [1.82, 2.24) is 4.90 Å². The SMILES string of the molecule is CC(C(N)=O)N1CC=C(c2ccc(F)cc2)CC1. The largest absolute Gasteiger partial charge is 0.368 e. The van der Waals surface area contributed by atoms with Crippen molar-refractivity contribution in [3.8, 4) is 0 Å². The van der Waals surface area contributed by atoms with E-state index >= 15 is 0 Å². The molecule has 4 heteroatoms. The molecule has 2 N–H and O–H groups in total. The van der Waals surface area contributed by atoms with E-state index in [1.54, 1.807) is 12.1 Å². The van der Waals surface area contributed by atoms with E-state index in [-0.39, 0.29) is 17.8 Å².